The molecule has 1 aromatic heterocycles. The Morgan fingerprint density at radius 3 is 2.94 bits per heavy atom. The molecule has 16 heavy (non-hydrogen) atoms. The fraction of sp³-hybridized carbons (Fsp3) is 0.167. The van der Waals surface area contributed by atoms with Crippen LogP contribution in [0.1, 0.15) is 10.4 Å². The monoisotopic (exact) mass is 326 g/mol. The molecule has 4 heteroatoms. The Kier molecular flexibility index (Phi) is 3.71. The van der Waals surface area contributed by atoms with Gasteiger partial charge in [-0.25, -0.2) is 0 Å². The number of para-hydroxylation sites is 1. The molecule has 0 spiro atoms. The Labute approximate surface area is 107 Å². The number of nitrogens with zero attached hydrogens (tertiary/aromatic N) is 1. The molecule has 1 amide bonds. The van der Waals surface area contributed by atoms with E-state index in [0.717, 1.165) is 15.3 Å². The van der Waals surface area contributed by atoms with Crippen LogP contribution in [0.25, 0.3) is 10.9 Å². The van der Waals surface area contributed by atoms with E-state index < -0.39 is 0 Å². The summed E-state index contributed by atoms with van der Waals surface area (Å²) in [5, 5.41) is 3.77. The van der Waals surface area contributed by atoms with Crippen LogP contribution in [0.4, 0.5) is 0 Å². The van der Waals surface area contributed by atoms with E-state index >= 15 is 0 Å². The number of fused-ring (bicyclic) bond motifs is 1. The van der Waals surface area contributed by atoms with E-state index in [2.05, 4.69) is 32.9 Å². The number of nitrogens with one attached hydrogen (secondary N) is 1. The molecular formula is C12H11IN2O. The number of hydrogen-bond donors (Lipinski definition) is 1. The highest BCUT2D eigenvalue weighted by atomic mass is 127. The lowest BCUT2D eigenvalue weighted by atomic mass is 10.1. The van der Waals surface area contributed by atoms with Crippen LogP contribution >= 0.6 is 22.6 Å². The van der Waals surface area contributed by atoms with Crippen LogP contribution in [0.5, 0.6) is 0 Å². The van der Waals surface area contributed by atoms with Crippen molar-refractivity contribution >= 4 is 39.4 Å². The first-order valence-corrected chi connectivity index (χ1v) is 6.53. The third-order valence-electron chi connectivity index (χ3n) is 2.27. The van der Waals surface area contributed by atoms with E-state index in [4.69, 9.17) is 0 Å². The second-order valence-electron chi connectivity index (χ2n) is 3.32. The molecule has 0 radical (unpaired) electrons. The minimum atomic E-state index is -0.0322. The summed E-state index contributed by atoms with van der Waals surface area (Å²) in [4.78, 5) is 16.1. The molecule has 0 saturated carbocycles. The van der Waals surface area contributed by atoms with Gasteiger partial charge >= 0.3 is 0 Å². The van der Waals surface area contributed by atoms with Crippen molar-refractivity contribution in [3.8, 4) is 0 Å². The van der Waals surface area contributed by atoms with Crippen molar-refractivity contribution in [2.45, 2.75) is 0 Å². The molecule has 82 valence electrons. The highest BCUT2D eigenvalue weighted by molar-refractivity contribution is 14.1. The summed E-state index contributed by atoms with van der Waals surface area (Å²) in [6.45, 7) is 0.691. The summed E-state index contributed by atoms with van der Waals surface area (Å²) in [7, 11) is 0. The maximum absolute atomic E-state index is 11.9. The van der Waals surface area contributed by atoms with Crippen LogP contribution in [0.15, 0.2) is 36.5 Å². The second-order valence-corrected chi connectivity index (χ2v) is 4.40. The zero-order valence-electron chi connectivity index (χ0n) is 8.61. The van der Waals surface area contributed by atoms with Crippen molar-refractivity contribution in [1.29, 1.82) is 0 Å². The van der Waals surface area contributed by atoms with Gasteiger partial charge in [-0.3, -0.25) is 9.78 Å². The smallest absolute Gasteiger partial charge is 0.252 e. The normalized spacial score (nSPS) is 10.3. The van der Waals surface area contributed by atoms with Crippen LogP contribution in [0.2, 0.25) is 0 Å². The minimum Gasteiger partial charge on any atom is -0.351 e. The van der Waals surface area contributed by atoms with Gasteiger partial charge in [0.25, 0.3) is 5.91 Å². The molecular weight excluding hydrogens is 315 g/mol. The standard InChI is InChI=1S/C12H11IN2O/c13-6-8-15-12(16)10-5-7-14-11-4-2-1-3-9(10)11/h1-5,7H,6,8H2,(H,15,16). The molecule has 0 saturated heterocycles. The van der Waals surface area contributed by atoms with Crippen LogP contribution < -0.4 is 5.32 Å². The summed E-state index contributed by atoms with van der Waals surface area (Å²) in [6.07, 6.45) is 1.67. The number of amides is 1. The van der Waals surface area contributed by atoms with Crippen molar-refractivity contribution in [2.75, 3.05) is 11.0 Å². The summed E-state index contributed by atoms with van der Waals surface area (Å²) in [5.74, 6) is -0.0322. The molecule has 2 rings (SSSR count). The van der Waals surface area contributed by atoms with Crippen molar-refractivity contribution in [3.05, 3.63) is 42.1 Å². The third-order valence-corrected chi connectivity index (χ3v) is 2.81. The number of benzene rings is 1. The van der Waals surface area contributed by atoms with Gasteiger partial charge in [0.05, 0.1) is 11.1 Å². The van der Waals surface area contributed by atoms with Gasteiger partial charge in [-0.15, -0.1) is 0 Å². The lowest BCUT2D eigenvalue weighted by molar-refractivity contribution is 0.0958. The zero-order valence-corrected chi connectivity index (χ0v) is 10.8. The van der Waals surface area contributed by atoms with Crippen LogP contribution in [0, 0.1) is 0 Å². The van der Waals surface area contributed by atoms with Crippen LogP contribution in [-0.2, 0) is 0 Å². The number of pyridine rings is 1. The minimum absolute atomic E-state index is 0.0322. The van der Waals surface area contributed by atoms with Crippen molar-refractivity contribution in [2.24, 2.45) is 0 Å². The molecule has 0 atom stereocenters. The Morgan fingerprint density at radius 1 is 1.31 bits per heavy atom. The second kappa shape index (κ2) is 5.25. The van der Waals surface area contributed by atoms with Crippen molar-refractivity contribution < 1.29 is 4.79 Å². The van der Waals surface area contributed by atoms with Gasteiger partial charge in [0, 0.05) is 22.6 Å². The lowest BCUT2D eigenvalue weighted by Gasteiger charge is -2.05. The summed E-state index contributed by atoms with van der Waals surface area (Å²) < 4.78 is 0.909. The van der Waals surface area contributed by atoms with E-state index in [1.165, 1.54) is 0 Å². The Hall–Kier alpha value is -1.17. The van der Waals surface area contributed by atoms with Crippen molar-refractivity contribution in [3.63, 3.8) is 0 Å². The molecule has 0 bridgehead atoms. The van der Waals surface area contributed by atoms with Gasteiger partial charge in [-0.1, -0.05) is 40.8 Å². The number of rotatable bonds is 3. The average Bonchev–Trinajstić information content (AvgIpc) is 2.35. The predicted octanol–water partition coefficient (Wildman–Crippen LogP) is 2.40. The first kappa shape index (κ1) is 11.3. The maximum Gasteiger partial charge on any atom is 0.252 e. The molecule has 1 aromatic carbocycles. The van der Waals surface area contributed by atoms with Gasteiger partial charge in [-0.2, -0.15) is 0 Å². The van der Waals surface area contributed by atoms with E-state index in [0.29, 0.717) is 12.1 Å². The Balaban J connectivity index is 2.40. The number of hydrogen-bond acceptors (Lipinski definition) is 2. The first-order valence-electron chi connectivity index (χ1n) is 5.01. The highest BCUT2D eigenvalue weighted by Gasteiger charge is 2.08. The Bertz CT molecular complexity index is 508. The van der Waals surface area contributed by atoms with Crippen molar-refractivity contribution in [1.82, 2.24) is 10.3 Å². The third kappa shape index (κ3) is 2.32. The van der Waals surface area contributed by atoms with Crippen LogP contribution in [0.3, 0.4) is 0 Å². The number of alkyl halides is 1. The van der Waals surface area contributed by atoms with Gasteiger partial charge in [-0.05, 0) is 12.1 Å². The number of aromatic nitrogens is 1. The molecule has 0 aliphatic rings. The predicted molar refractivity (Wildman–Crippen MR) is 73.0 cm³/mol. The zero-order chi connectivity index (χ0) is 11.4. The fourth-order valence-electron chi connectivity index (χ4n) is 1.55. The molecule has 0 aliphatic carbocycles. The molecule has 0 fully saturated rings. The van der Waals surface area contributed by atoms with E-state index in [9.17, 15) is 4.79 Å². The summed E-state index contributed by atoms with van der Waals surface area (Å²) in [5.41, 5.74) is 1.54. The average molecular weight is 326 g/mol. The first-order chi connectivity index (χ1) is 7.83. The van der Waals surface area contributed by atoms with Gasteiger partial charge in [0.15, 0.2) is 0 Å². The largest absolute Gasteiger partial charge is 0.351 e. The summed E-state index contributed by atoms with van der Waals surface area (Å²) in [6, 6.07) is 9.41. The molecule has 2 aromatic rings. The van der Waals surface area contributed by atoms with Gasteiger partial charge < -0.3 is 5.32 Å². The number of halogens is 1. The van der Waals surface area contributed by atoms with Gasteiger partial charge in [0.1, 0.15) is 0 Å². The van der Waals surface area contributed by atoms with E-state index in [-0.39, 0.29) is 5.91 Å². The molecule has 1 N–H and O–H groups in total. The molecule has 0 unspecified atom stereocenters. The highest BCUT2D eigenvalue weighted by Crippen LogP contribution is 2.15. The number of carbonyl (C=O) groups is 1. The number of carbonyl (C=O) groups excluding carboxylic acids is 1. The molecule has 3 nitrogen and oxygen atoms in total. The molecule has 1 heterocycles. The van der Waals surface area contributed by atoms with Crippen LogP contribution in [-0.4, -0.2) is 21.9 Å². The fourth-order valence-corrected chi connectivity index (χ4v) is 1.82. The Morgan fingerprint density at radius 2 is 2.12 bits per heavy atom. The van der Waals surface area contributed by atoms with E-state index in [1.807, 2.05) is 24.3 Å². The quantitative estimate of drug-likeness (QED) is 0.695. The summed E-state index contributed by atoms with van der Waals surface area (Å²) >= 11 is 2.23. The molecule has 0 aliphatic heterocycles. The van der Waals surface area contributed by atoms with Gasteiger partial charge in [0.2, 0.25) is 0 Å². The topological polar surface area (TPSA) is 42.0 Å². The SMILES string of the molecule is O=C(NCCI)c1ccnc2ccccc12. The maximum atomic E-state index is 11.9. The van der Waals surface area contributed by atoms with E-state index in [1.54, 1.807) is 12.3 Å². The lowest BCUT2D eigenvalue weighted by Crippen LogP contribution is -2.25.